The van der Waals surface area contributed by atoms with Gasteiger partial charge in [-0.2, -0.15) is 0 Å². The topological polar surface area (TPSA) is 69.2 Å². The summed E-state index contributed by atoms with van der Waals surface area (Å²) >= 11 is 0. The van der Waals surface area contributed by atoms with Crippen molar-refractivity contribution in [1.82, 2.24) is 0 Å². The first-order valence-electron chi connectivity index (χ1n) is 6.59. The van der Waals surface area contributed by atoms with Gasteiger partial charge in [-0.05, 0) is 36.8 Å². The van der Waals surface area contributed by atoms with Gasteiger partial charge in [0.25, 0.3) is 5.69 Å². The highest BCUT2D eigenvalue weighted by atomic mass is 16.6. The van der Waals surface area contributed by atoms with Crippen molar-refractivity contribution in [2.45, 2.75) is 45.1 Å². The van der Waals surface area contributed by atoms with E-state index in [0.717, 1.165) is 24.0 Å². The summed E-state index contributed by atoms with van der Waals surface area (Å²) in [6.45, 7) is 1.88. The van der Waals surface area contributed by atoms with Crippen molar-refractivity contribution in [2.24, 2.45) is 11.7 Å². The van der Waals surface area contributed by atoms with Crippen molar-refractivity contribution in [1.29, 1.82) is 0 Å². The molecule has 2 N–H and O–H groups in total. The number of nitrogens with zero attached hydrogens (tertiary/aromatic N) is 1. The summed E-state index contributed by atoms with van der Waals surface area (Å²) in [5.74, 6) is 0.472. The van der Waals surface area contributed by atoms with E-state index in [2.05, 4.69) is 0 Å². The number of benzene rings is 1. The highest BCUT2D eigenvalue weighted by Crippen LogP contribution is 2.34. The molecule has 1 saturated carbocycles. The molecule has 0 heterocycles. The highest BCUT2D eigenvalue weighted by molar-refractivity contribution is 5.40. The molecule has 98 valence electrons. The summed E-state index contributed by atoms with van der Waals surface area (Å²) in [7, 11) is 0. The maximum atomic E-state index is 10.9. The van der Waals surface area contributed by atoms with Gasteiger partial charge in [0.1, 0.15) is 0 Å². The molecule has 0 radical (unpaired) electrons. The molecule has 18 heavy (non-hydrogen) atoms. The average Bonchev–Trinajstić information content (AvgIpc) is 2.38. The molecule has 4 heteroatoms. The quantitative estimate of drug-likeness (QED) is 0.657. The second-order valence-corrected chi connectivity index (χ2v) is 5.28. The Balaban J connectivity index is 2.23. The zero-order valence-corrected chi connectivity index (χ0v) is 10.8. The van der Waals surface area contributed by atoms with E-state index in [4.69, 9.17) is 5.73 Å². The van der Waals surface area contributed by atoms with Gasteiger partial charge in [0.05, 0.1) is 4.92 Å². The zero-order valence-electron chi connectivity index (χ0n) is 10.8. The third-order valence-electron chi connectivity index (χ3n) is 3.84. The van der Waals surface area contributed by atoms with Crippen LogP contribution in [-0.2, 0) is 0 Å². The van der Waals surface area contributed by atoms with Crippen LogP contribution in [0.3, 0.4) is 0 Å². The highest BCUT2D eigenvalue weighted by Gasteiger charge is 2.23. The van der Waals surface area contributed by atoms with Crippen LogP contribution >= 0.6 is 0 Å². The monoisotopic (exact) mass is 248 g/mol. The van der Waals surface area contributed by atoms with Crippen LogP contribution in [0.25, 0.3) is 0 Å². The molecule has 1 aromatic rings. The van der Waals surface area contributed by atoms with Crippen LogP contribution in [0.1, 0.15) is 49.3 Å². The Morgan fingerprint density at radius 3 is 2.56 bits per heavy atom. The van der Waals surface area contributed by atoms with E-state index in [-0.39, 0.29) is 16.7 Å². The maximum Gasteiger partial charge on any atom is 0.270 e. The predicted octanol–water partition coefficient (Wildman–Crippen LogP) is 3.48. The van der Waals surface area contributed by atoms with Crippen molar-refractivity contribution < 1.29 is 4.92 Å². The molecule has 1 aromatic carbocycles. The summed E-state index contributed by atoms with van der Waals surface area (Å²) in [5.41, 5.74) is 8.25. The van der Waals surface area contributed by atoms with E-state index in [1.165, 1.54) is 19.3 Å². The molecule has 1 aliphatic rings. The first-order valence-corrected chi connectivity index (χ1v) is 6.59. The SMILES string of the molecule is Cc1cc(C(N)C2CCCCC2)cc([N+](=O)[O-])c1. The fraction of sp³-hybridized carbons (Fsp3) is 0.571. The van der Waals surface area contributed by atoms with Gasteiger partial charge in [-0.25, -0.2) is 0 Å². The van der Waals surface area contributed by atoms with Gasteiger partial charge in [0, 0.05) is 18.2 Å². The molecular formula is C14H20N2O2. The van der Waals surface area contributed by atoms with Gasteiger partial charge in [-0.1, -0.05) is 25.3 Å². The van der Waals surface area contributed by atoms with Gasteiger partial charge in [-0.3, -0.25) is 10.1 Å². The number of nitrogens with two attached hydrogens (primary N) is 1. The number of aryl methyl sites for hydroxylation is 1. The van der Waals surface area contributed by atoms with Crippen LogP contribution in [0, 0.1) is 23.0 Å². The minimum absolute atomic E-state index is 0.0658. The van der Waals surface area contributed by atoms with Crippen molar-refractivity contribution in [3.8, 4) is 0 Å². The number of non-ortho nitro benzene ring substituents is 1. The van der Waals surface area contributed by atoms with Crippen molar-refractivity contribution >= 4 is 5.69 Å². The van der Waals surface area contributed by atoms with E-state index in [0.29, 0.717) is 5.92 Å². The zero-order chi connectivity index (χ0) is 13.1. The lowest BCUT2D eigenvalue weighted by molar-refractivity contribution is -0.385. The van der Waals surface area contributed by atoms with Gasteiger partial charge in [0.15, 0.2) is 0 Å². The van der Waals surface area contributed by atoms with Gasteiger partial charge < -0.3 is 5.73 Å². The van der Waals surface area contributed by atoms with Crippen LogP contribution < -0.4 is 5.73 Å². The standard InChI is InChI=1S/C14H20N2O2/c1-10-7-12(9-13(8-10)16(17)18)14(15)11-5-3-2-4-6-11/h7-9,11,14H,2-6,15H2,1H3. The molecule has 0 saturated heterocycles. The lowest BCUT2D eigenvalue weighted by Crippen LogP contribution is -2.23. The molecule has 0 aromatic heterocycles. The van der Waals surface area contributed by atoms with Crippen molar-refractivity contribution in [3.63, 3.8) is 0 Å². The first-order chi connectivity index (χ1) is 8.58. The second kappa shape index (κ2) is 5.48. The summed E-state index contributed by atoms with van der Waals surface area (Å²) in [4.78, 5) is 10.5. The fourth-order valence-electron chi connectivity index (χ4n) is 2.86. The third kappa shape index (κ3) is 2.88. The van der Waals surface area contributed by atoms with Gasteiger partial charge >= 0.3 is 0 Å². The molecule has 0 bridgehead atoms. The number of hydrogen-bond acceptors (Lipinski definition) is 3. The third-order valence-corrected chi connectivity index (χ3v) is 3.84. The number of hydrogen-bond donors (Lipinski definition) is 1. The van der Waals surface area contributed by atoms with Crippen LogP contribution in [0.5, 0.6) is 0 Å². The summed E-state index contributed by atoms with van der Waals surface area (Å²) in [6.07, 6.45) is 6.03. The van der Waals surface area contributed by atoms with Gasteiger partial charge in [-0.15, -0.1) is 0 Å². The second-order valence-electron chi connectivity index (χ2n) is 5.28. The smallest absolute Gasteiger partial charge is 0.270 e. The molecule has 1 fully saturated rings. The molecule has 4 nitrogen and oxygen atoms in total. The van der Waals surface area contributed by atoms with Crippen molar-refractivity contribution in [2.75, 3.05) is 0 Å². The summed E-state index contributed by atoms with van der Waals surface area (Å²) < 4.78 is 0. The van der Waals surface area contributed by atoms with Crippen molar-refractivity contribution in [3.05, 3.63) is 39.4 Å². The van der Waals surface area contributed by atoms with E-state index in [9.17, 15) is 10.1 Å². The fourth-order valence-corrected chi connectivity index (χ4v) is 2.86. The Labute approximate surface area is 107 Å². The van der Waals surface area contributed by atoms with E-state index in [1.807, 2.05) is 13.0 Å². The first kappa shape index (κ1) is 13.0. The van der Waals surface area contributed by atoms with E-state index >= 15 is 0 Å². The molecule has 0 spiro atoms. The minimum atomic E-state index is -0.343. The van der Waals surface area contributed by atoms with E-state index < -0.39 is 0 Å². The summed E-state index contributed by atoms with van der Waals surface area (Å²) in [5, 5.41) is 10.9. The molecule has 0 amide bonds. The average molecular weight is 248 g/mol. The number of nitro groups is 1. The molecule has 1 aliphatic carbocycles. The minimum Gasteiger partial charge on any atom is -0.324 e. The lowest BCUT2D eigenvalue weighted by Gasteiger charge is -2.27. The summed E-state index contributed by atoms with van der Waals surface area (Å²) in [6, 6.07) is 5.14. The Bertz CT molecular complexity index is 439. The van der Waals surface area contributed by atoms with E-state index in [1.54, 1.807) is 12.1 Å². The number of nitro benzene ring substituents is 1. The Hall–Kier alpha value is -1.42. The maximum absolute atomic E-state index is 10.9. The lowest BCUT2D eigenvalue weighted by atomic mass is 9.81. The largest absolute Gasteiger partial charge is 0.324 e. The van der Waals surface area contributed by atoms with Crippen LogP contribution in [-0.4, -0.2) is 4.92 Å². The molecule has 1 atom stereocenters. The molecule has 1 unspecified atom stereocenters. The predicted molar refractivity (Wildman–Crippen MR) is 71.3 cm³/mol. The normalized spacial score (nSPS) is 18.6. The van der Waals surface area contributed by atoms with Crippen LogP contribution in [0.15, 0.2) is 18.2 Å². The molecular weight excluding hydrogens is 228 g/mol. The van der Waals surface area contributed by atoms with Crippen LogP contribution in [0.2, 0.25) is 0 Å². The number of rotatable bonds is 3. The van der Waals surface area contributed by atoms with Gasteiger partial charge in [0.2, 0.25) is 0 Å². The Morgan fingerprint density at radius 1 is 1.28 bits per heavy atom. The molecule has 0 aliphatic heterocycles. The Morgan fingerprint density at radius 2 is 1.94 bits per heavy atom. The molecule has 2 rings (SSSR count). The van der Waals surface area contributed by atoms with Crippen LogP contribution in [0.4, 0.5) is 5.69 Å². The Kier molecular flexibility index (Phi) is 3.97.